The van der Waals surface area contributed by atoms with Gasteiger partial charge in [-0.05, 0) is 47.5 Å². The van der Waals surface area contributed by atoms with Crippen LogP contribution in [-0.2, 0) is 6.61 Å². The van der Waals surface area contributed by atoms with Crippen molar-refractivity contribution < 1.29 is 24.3 Å². The van der Waals surface area contributed by atoms with E-state index in [0.29, 0.717) is 22.7 Å². The lowest BCUT2D eigenvalue weighted by Crippen LogP contribution is -2.01. The van der Waals surface area contributed by atoms with Crippen LogP contribution in [0.25, 0.3) is 0 Å². The molecule has 0 bridgehead atoms. The van der Waals surface area contributed by atoms with Gasteiger partial charge < -0.3 is 14.6 Å². The van der Waals surface area contributed by atoms with E-state index in [1.807, 2.05) is 0 Å². The summed E-state index contributed by atoms with van der Waals surface area (Å²) in [4.78, 5) is 25.7. The van der Waals surface area contributed by atoms with Crippen LogP contribution in [0.1, 0.15) is 21.5 Å². The molecule has 0 fully saturated rings. The number of aliphatic imine (C=N–C) groups is 1. The predicted octanol–water partition coefficient (Wildman–Crippen LogP) is 4.63. The number of benzene rings is 3. The minimum Gasteiger partial charge on any atom is -0.493 e. The molecule has 0 radical (unpaired) electrons. The molecule has 8 heteroatoms. The smallest absolute Gasteiger partial charge is 0.335 e. The van der Waals surface area contributed by atoms with Crippen molar-refractivity contribution in [2.75, 3.05) is 7.11 Å². The molecular weight excluding hydrogens is 388 g/mol. The van der Waals surface area contributed by atoms with E-state index < -0.39 is 10.9 Å². The van der Waals surface area contributed by atoms with Gasteiger partial charge in [0.15, 0.2) is 11.5 Å². The molecule has 3 aromatic rings. The molecular formula is C22H18N2O6. The third-order valence-electron chi connectivity index (χ3n) is 4.16. The van der Waals surface area contributed by atoms with Gasteiger partial charge in [0.1, 0.15) is 6.61 Å². The Morgan fingerprint density at radius 2 is 1.90 bits per heavy atom. The van der Waals surface area contributed by atoms with E-state index in [9.17, 15) is 14.9 Å². The number of hydrogen-bond acceptors (Lipinski definition) is 6. The maximum absolute atomic E-state index is 11.1. The summed E-state index contributed by atoms with van der Waals surface area (Å²) in [5.41, 5.74) is 2.06. The number of ether oxygens (including phenoxy) is 2. The van der Waals surface area contributed by atoms with Crippen LogP contribution in [-0.4, -0.2) is 29.3 Å². The lowest BCUT2D eigenvalue weighted by molar-refractivity contribution is -0.384. The zero-order valence-electron chi connectivity index (χ0n) is 16.0. The Bertz CT molecular complexity index is 1110. The molecule has 0 unspecified atom stereocenters. The van der Waals surface area contributed by atoms with Crippen molar-refractivity contribution in [2.45, 2.75) is 6.61 Å². The molecule has 0 heterocycles. The summed E-state index contributed by atoms with van der Waals surface area (Å²) in [5, 5.41) is 19.9. The number of rotatable bonds is 8. The Hall–Kier alpha value is -4.20. The molecule has 0 atom stereocenters. The monoisotopic (exact) mass is 406 g/mol. The molecule has 0 aliphatic rings. The number of nitro benzene ring substituents is 1. The fraction of sp³-hybridized carbons (Fsp3) is 0.0909. The predicted molar refractivity (Wildman–Crippen MR) is 111 cm³/mol. The summed E-state index contributed by atoms with van der Waals surface area (Å²) >= 11 is 0. The molecule has 3 rings (SSSR count). The number of methoxy groups -OCH3 is 1. The van der Waals surface area contributed by atoms with Crippen LogP contribution in [0.5, 0.6) is 11.5 Å². The fourth-order valence-corrected chi connectivity index (χ4v) is 2.67. The standard InChI is InChI=1S/C22H18N2O6/c1-29-21-11-15(13-23-18-6-3-7-19(12-18)24(27)28)8-9-20(21)30-14-16-4-2-5-17(10-16)22(25)26/h2-13H,14H2,1H3,(H,25,26). The molecule has 0 amide bonds. The number of carbonyl (C=O) groups is 1. The molecule has 0 spiro atoms. The Labute approximate surface area is 172 Å². The van der Waals surface area contributed by atoms with E-state index in [2.05, 4.69) is 4.99 Å². The van der Waals surface area contributed by atoms with Gasteiger partial charge in [-0.15, -0.1) is 0 Å². The van der Waals surface area contributed by atoms with Crippen LogP contribution in [0.2, 0.25) is 0 Å². The number of hydrogen-bond donors (Lipinski definition) is 1. The van der Waals surface area contributed by atoms with Gasteiger partial charge in [-0.3, -0.25) is 15.1 Å². The number of non-ortho nitro benzene ring substituents is 1. The van der Waals surface area contributed by atoms with Gasteiger partial charge in [-0.1, -0.05) is 18.2 Å². The van der Waals surface area contributed by atoms with Gasteiger partial charge >= 0.3 is 5.97 Å². The van der Waals surface area contributed by atoms with Gasteiger partial charge in [-0.2, -0.15) is 0 Å². The van der Waals surface area contributed by atoms with Gasteiger partial charge in [0.25, 0.3) is 5.69 Å². The topological polar surface area (TPSA) is 111 Å². The number of carboxylic acids is 1. The molecule has 0 saturated heterocycles. The Morgan fingerprint density at radius 3 is 2.63 bits per heavy atom. The van der Waals surface area contributed by atoms with Crippen molar-refractivity contribution in [3.05, 3.63) is 93.5 Å². The highest BCUT2D eigenvalue weighted by atomic mass is 16.6. The number of nitrogens with zero attached hydrogens (tertiary/aromatic N) is 2. The normalized spacial score (nSPS) is 10.7. The van der Waals surface area contributed by atoms with Crippen LogP contribution in [0.4, 0.5) is 11.4 Å². The fourth-order valence-electron chi connectivity index (χ4n) is 2.67. The summed E-state index contributed by atoms with van der Waals surface area (Å²) in [5.74, 6) is -0.0278. The summed E-state index contributed by atoms with van der Waals surface area (Å²) in [6.45, 7) is 0.179. The largest absolute Gasteiger partial charge is 0.493 e. The highest BCUT2D eigenvalue weighted by Gasteiger charge is 2.08. The molecule has 3 aromatic carbocycles. The van der Waals surface area contributed by atoms with Crippen molar-refractivity contribution in [3.63, 3.8) is 0 Å². The Kier molecular flexibility index (Phi) is 6.39. The Balaban J connectivity index is 1.73. The van der Waals surface area contributed by atoms with Crippen molar-refractivity contribution in [3.8, 4) is 11.5 Å². The van der Waals surface area contributed by atoms with Gasteiger partial charge in [0.2, 0.25) is 0 Å². The first-order valence-electron chi connectivity index (χ1n) is 8.88. The number of nitro groups is 1. The summed E-state index contributed by atoms with van der Waals surface area (Å²) in [6, 6.07) is 17.7. The lowest BCUT2D eigenvalue weighted by Gasteiger charge is -2.11. The van der Waals surface area contributed by atoms with Crippen molar-refractivity contribution in [1.82, 2.24) is 0 Å². The molecule has 30 heavy (non-hydrogen) atoms. The minimum atomic E-state index is -0.998. The van der Waals surface area contributed by atoms with E-state index in [-0.39, 0.29) is 17.9 Å². The summed E-state index contributed by atoms with van der Waals surface area (Å²) in [6.07, 6.45) is 1.57. The summed E-state index contributed by atoms with van der Waals surface area (Å²) < 4.78 is 11.1. The minimum absolute atomic E-state index is 0.0297. The van der Waals surface area contributed by atoms with Crippen LogP contribution >= 0.6 is 0 Å². The first kappa shape index (κ1) is 20.5. The first-order valence-corrected chi connectivity index (χ1v) is 8.88. The van der Waals surface area contributed by atoms with E-state index >= 15 is 0 Å². The second-order valence-corrected chi connectivity index (χ2v) is 6.24. The quantitative estimate of drug-likeness (QED) is 0.332. The summed E-state index contributed by atoms with van der Waals surface area (Å²) in [7, 11) is 1.51. The molecule has 1 N–H and O–H groups in total. The third kappa shape index (κ3) is 5.20. The number of carboxylic acid groups (broad SMARTS) is 1. The van der Waals surface area contributed by atoms with Crippen LogP contribution in [0.3, 0.4) is 0 Å². The average molecular weight is 406 g/mol. The SMILES string of the molecule is COc1cc(C=Nc2cccc([N+](=O)[O-])c2)ccc1OCc1cccc(C(=O)O)c1. The van der Waals surface area contributed by atoms with E-state index in [0.717, 1.165) is 5.56 Å². The van der Waals surface area contributed by atoms with Crippen molar-refractivity contribution in [1.29, 1.82) is 0 Å². The Morgan fingerprint density at radius 1 is 1.10 bits per heavy atom. The van der Waals surface area contributed by atoms with Crippen molar-refractivity contribution in [2.24, 2.45) is 4.99 Å². The van der Waals surface area contributed by atoms with Crippen LogP contribution in [0.15, 0.2) is 71.7 Å². The van der Waals surface area contributed by atoms with Crippen LogP contribution in [0, 0.1) is 10.1 Å². The average Bonchev–Trinajstić information content (AvgIpc) is 2.76. The van der Waals surface area contributed by atoms with E-state index in [1.54, 1.807) is 54.7 Å². The maximum Gasteiger partial charge on any atom is 0.335 e. The van der Waals surface area contributed by atoms with Gasteiger partial charge in [0.05, 0.1) is 23.3 Å². The van der Waals surface area contributed by atoms with Crippen molar-refractivity contribution >= 4 is 23.6 Å². The molecule has 8 nitrogen and oxygen atoms in total. The molecule has 0 saturated carbocycles. The van der Waals surface area contributed by atoms with E-state index in [4.69, 9.17) is 14.6 Å². The lowest BCUT2D eigenvalue weighted by atomic mass is 10.1. The number of aromatic carboxylic acids is 1. The van der Waals surface area contributed by atoms with E-state index in [1.165, 1.54) is 25.3 Å². The zero-order valence-corrected chi connectivity index (χ0v) is 16.0. The van der Waals surface area contributed by atoms with Crippen LogP contribution < -0.4 is 9.47 Å². The van der Waals surface area contributed by atoms with Gasteiger partial charge in [0, 0.05) is 18.3 Å². The zero-order chi connectivity index (χ0) is 21.5. The first-order chi connectivity index (χ1) is 14.5. The van der Waals surface area contributed by atoms with Gasteiger partial charge in [-0.25, -0.2) is 4.79 Å². The molecule has 152 valence electrons. The molecule has 0 aromatic heterocycles. The third-order valence-corrected chi connectivity index (χ3v) is 4.16. The second kappa shape index (κ2) is 9.33. The highest BCUT2D eigenvalue weighted by molar-refractivity contribution is 5.87. The molecule has 0 aliphatic heterocycles. The highest BCUT2D eigenvalue weighted by Crippen LogP contribution is 2.29. The maximum atomic E-state index is 11.1. The molecule has 0 aliphatic carbocycles. The second-order valence-electron chi connectivity index (χ2n) is 6.24.